The number of rotatable bonds is 4. The van der Waals surface area contributed by atoms with Gasteiger partial charge in [-0.25, -0.2) is 4.98 Å². The first-order valence-electron chi connectivity index (χ1n) is 5.90. The van der Waals surface area contributed by atoms with Gasteiger partial charge in [0.2, 0.25) is 0 Å². The summed E-state index contributed by atoms with van der Waals surface area (Å²) in [5, 5.41) is 1.06. The first-order valence-corrected chi connectivity index (χ1v) is 7.35. The fourth-order valence-electron chi connectivity index (χ4n) is 1.78. The summed E-state index contributed by atoms with van der Waals surface area (Å²) in [5.74, 6) is 2.06. The molecule has 0 spiro atoms. The van der Waals surface area contributed by atoms with Crippen LogP contribution in [-0.2, 0) is 5.75 Å². The highest BCUT2D eigenvalue weighted by Gasteiger charge is 2.14. The second-order valence-corrected chi connectivity index (χ2v) is 5.77. The zero-order chi connectivity index (χ0) is 13.1. The molecule has 0 N–H and O–H groups in total. The SMILES string of the molecule is COc1ccc(-c2nc(C(C)C)c(CS)s2)cc1. The lowest BCUT2D eigenvalue weighted by molar-refractivity contribution is 0.415. The van der Waals surface area contributed by atoms with E-state index in [-0.39, 0.29) is 0 Å². The number of aromatic nitrogens is 1. The number of thiazole rings is 1. The zero-order valence-electron chi connectivity index (χ0n) is 10.8. The Kier molecular flexibility index (Phi) is 4.30. The molecule has 0 amide bonds. The summed E-state index contributed by atoms with van der Waals surface area (Å²) in [4.78, 5) is 6.00. The predicted octanol–water partition coefficient (Wildman–Crippen LogP) is 4.37. The van der Waals surface area contributed by atoms with Crippen LogP contribution in [0.5, 0.6) is 5.75 Å². The van der Waals surface area contributed by atoms with Crippen molar-refractivity contribution in [1.82, 2.24) is 4.98 Å². The van der Waals surface area contributed by atoms with Gasteiger partial charge < -0.3 is 4.74 Å². The lowest BCUT2D eigenvalue weighted by Crippen LogP contribution is -1.91. The first-order chi connectivity index (χ1) is 8.65. The Balaban J connectivity index is 2.37. The molecule has 0 aliphatic heterocycles. The minimum absolute atomic E-state index is 0.440. The maximum atomic E-state index is 5.16. The van der Waals surface area contributed by atoms with Gasteiger partial charge in [-0.1, -0.05) is 13.8 Å². The van der Waals surface area contributed by atoms with E-state index in [4.69, 9.17) is 9.72 Å². The van der Waals surface area contributed by atoms with Gasteiger partial charge in [-0.3, -0.25) is 0 Å². The van der Waals surface area contributed by atoms with Crippen molar-refractivity contribution in [1.29, 1.82) is 0 Å². The van der Waals surface area contributed by atoms with Gasteiger partial charge >= 0.3 is 0 Å². The number of nitrogens with zero attached hydrogens (tertiary/aromatic N) is 1. The molecule has 0 aliphatic rings. The maximum Gasteiger partial charge on any atom is 0.123 e. The molecule has 0 saturated heterocycles. The van der Waals surface area contributed by atoms with E-state index < -0.39 is 0 Å². The van der Waals surface area contributed by atoms with Crippen molar-refractivity contribution in [3.8, 4) is 16.3 Å². The molecular weight excluding hydrogens is 262 g/mol. The summed E-state index contributed by atoms with van der Waals surface area (Å²) in [7, 11) is 1.67. The smallest absolute Gasteiger partial charge is 0.123 e. The van der Waals surface area contributed by atoms with Crippen molar-refractivity contribution < 1.29 is 4.74 Å². The van der Waals surface area contributed by atoms with Crippen LogP contribution in [0.4, 0.5) is 0 Å². The highest BCUT2D eigenvalue weighted by atomic mass is 32.1. The third-order valence-electron chi connectivity index (χ3n) is 2.76. The molecule has 0 bridgehead atoms. The normalized spacial score (nSPS) is 10.9. The zero-order valence-corrected chi connectivity index (χ0v) is 12.5. The van der Waals surface area contributed by atoms with E-state index in [0.29, 0.717) is 5.92 Å². The molecule has 18 heavy (non-hydrogen) atoms. The Labute approximate surface area is 117 Å². The van der Waals surface area contributed by atoms with Gasteiger partial charge in [0, 0.05) is 16.2 Å². The highest BCUT2D eigenvalue weighted by Crippen LogP contribution is 2.33. The van der Waals surface area contributed by atoms with Crippen LogP contribution in [0.2, 0.25) is 0 Å². The first kappa shape index (κ1) is 13.4. The molecule has 1 heterocycles. The Bertz CT molecular complexity index is 517. The summed E-state index contributed by atoms with van der Waals surface area (Å²) in [6, 6.07) is 8.02. The van der Waals surface area contributed by atoms with Crippen molar-refractivity contribution >= 4 is 24.0 Å². The standard InChI is InChI=1S/C14H17NOS2/c1-9(2)13-12(8-17)18-14(15-13)10-4-6-11(16-3)7-5-10/h4-7,9,17H,8H2,1-3H3. The van der Waals surface area contributed by atoms with Crippen molar-refractivity contribution in [2.75, 3.05) is 7.11 Å². The summed E-state index contributed by atoms with van der Waals surface area (Å²) >= 11 is 6.11. The summed E-state index contributed by atoms with van der Waals surface area (Å²) in [6.45, 7) is 4.33. The second kappa shape index (κ2) is 5.76. The number of ether oxygens (including phenoxy) is 1. The molecular formula is C14H17NOS2. The van der Waals surface area contributed by atoms with Crippen molar-refractivity contribution in [3.05, 3.63) is 34.8 Å². The van der Waals surface area contributed by atoms with Gasteiger partial charge in [0.25, 0.3) is 0 Å². The lowest BCUT2D eigenvalue weighted by Gasteiger charge is -2.02. The summed E-state index contributed by atoms with van der Waals surface area (Å²) < 4.78 is 5.16. The molecule has 0 fully saturated rings. The van der Waals surface area contributed by atoms with Crippen LogP contribution >= 0.6 is 24.0 Å². The molecule has 1 aromatic heterocycles. The van der Waals surface area contributed by atoms with Crippen LogP contribution in [-0.4, -0.2) is 12.1 Å². The number of hydrogen-bond donors (Lipinski definition) is 1. The van der Waals surface area contributed by atoms with Gasteiger partial charge in [-0.05, 0) is 30.2 Å². The molecule has 0 aliphatic carbocycles. The van der Waals surface area contributed by atoms with Gasteiger partial charge in [-0.15, -0.1) is 11.3 Å². The summed E-state index contributed by atoms with van der Waals surface area (Å²) in [6.07, 6.45) is 0. The molecule has 0 saturated carbocycles. The van der Waals surface area contributed by atoms with Crippen molar-refractivity contribution in [2.45, 2.75) is 25.5 Å². The van der Waals surface area contributed by atoms with Crippen LogP contribution in [0.15, 0.2) is 24.3 Å². The fourth-order valence-corrected chi connectivity index (χ4v) is 3.22. The molecule has 0 radical (unpaired) electrons. The maximum absolute atomic E-state index is 5.16. The Hall–Kier alpha value is -1.00. The quantitative estimate of drug-likeness (QED) is 0.839. The van der Waals surface area contributed by atoms with E-state index in [1.165, 1.54) is 10.6 Å². The average molecular weight is 279 g/mol. The number of hydrogen-bond acceptors (Lipinski definition) is 4. The van der Waals surface area contributed by atoms with Crippen molar-refractivity contribution in [2.24, 2.45) is 0 Å². The van der Waals surface area contributed by atoms with Crippen LogP contribution < -0.4 is 4.74 Å². The van der Waals surface area contributed by atoms with E-state index in [1.54, 1.807) is 18.4 Å². The number of thiol groups is 1. The van der Waals surface area contributed by atoms with Crippen LogP contribution in [0.3, 0.4) is 0 Å². The largest absolute Gasteiger partial charge is 0.497 e. The van der Waals surface area contributed by atoms with Gasteiger partial charge in [0.15, 0.2) is 0 Å². The summed E-state index contributed by atoms with van der Waals surface area (Å²) in [5.41, 5.74) is 2.30. The molecule has 2 rings (SSSR count). The molecule has 1 aromatic carbocycles. The van der Waals surface area contributed by atoms with Crippen LogP contribution in [0.25, 0.3) is 10.6 Å². The fraction of sp³-hybridized carbons (Fsp3) is 0.357. The number of methoxy groups -OCH3 is 1. The van der Waals surface area contributed by atoms with Gasteiger partial charge in [0.05, 0.1) is 12.8 Å². The topological polar surface area (TPSA) is 22.1 Å². The van der Waals surface area contributed by atoms with Crippen LogP contribution in [0.1, 0.15) is 30.3 Å². The third-order valence-corrected chi connectivity index (χ3v) is 4.41. The van der Waals surface area contributed by atoms with E-state index in [9.17, 15) is 0 Å². The molecule has 0 atom stereocenters. The Morgan fingerprint density at radius 1 is 1.28 bits per heavy atom. The second-order valence-electron chi connectivity index (χ2n) is 4.37. The average Bonchev–Trinajstić information content (AvgIpc) is 2.83. The molecule has 2 aromatic rings. The minimum atomic E-state index is 0.440. The van der Waals surface area contributed by atoms with E-state index >= 15 is 0 Å². The van der Waals surface area contributed by atoms with Crippen LogP contribution in [0, 0.1) is 0 Å². The Morgan fingerprint density at radius 2 is 1.94 bits per heavy atom. The Morgan fingerprint density at radius 3 is 2.39 bits per heavy atom. The molecule has 96 valence electrons. The molecule has 2 nitrogen and oxygen atoms in total. The molecule has 0 unspecified atom stereocenters. The highest BCUT2D eigenvalue weighted by molar-refractivity contribution is 7.79. The van der Waals surface area contributed by atoms with Crippen molar-refractivity contribution in [3.63, 3.8) is 0 Å². The third kappa shape index (κ3) is 2.70. The van der Waals surface area contributed by atoms with Gasteiger partial charge in [-0.2, -0.15) is 12.6 Å². The van der Waals surface area contributed by atoms with E-state index in [0.717, 1.165) is 22.1 Å². The van der Waals surface area contributed by atoms with E-state index in [1.807, 2.05) is 24.3 Å². The molecule has 4 heteroatoms. The monoisotopic (exact) mass is 279 g/mol. The lowest BCUT2D eigenvalue weighted by atomic mass is 10.1. The predicted molar refractivity (Wildman–Crippen MR) is 80.9 cm³/mol. The van der Waals surface area contributed by atoms with E-state index in [2.05, 4.69) is 26.5 Å². The van der Waals surface area contributed by atoms with Gasteiger partial charge in [0.1, 0.15) is 10.8 Å². The number of benzene rings is 1. The minimum Gasteiger partial charge on any atom is -0.497 e.